The first-order chi connectivity index (χ1) is 10.4. The summed E-state index contributed by atoms with van der Waals surface area (Å²) in [7, 11) is 0. The van der Waals surface area contributed by atoms with E-state index in [1.54, 1.807) is 11.3 Å². The van der Waals surface area contributed by atoms with Crippen molar-refractivity contribution in [2.75, 3.05) is 13.1 Å². The summed E-state index contributed by atoms with van der Waals surface area (Å²) in [5, 5.41) is 7.10. The molecule has 1 aromatic carbocycles. The predicted octanol–water partition coefficient (Wildman–Crippen LogP) is 3.14. The molecule has 0 spiro atoms. The van der Waals surface area contributed by atoms with Crippen LogP contribution in [0.25, 0.3) is 10.6 Å². The Labute approximate surface area is 130 Å². The number of thiazole rings is 1. The highest BCUT2D eigenvalue weighted by Crippen LogP contribution is 2.25. The van der Waals surface area contributed by atoms with Crippen LogP contribution < -0.4 is 5.32 Å². The van der Waals surface area contributed by atoms with E-state index in [4.69, 9.17) is 4.98 Å². The lowest BCUT2D eigenvalue weighted by Gasteiger charge is -2.22. The second-order valence-electron chi connectivity index (χ2n) is 6.17. The molecule has 2 bridgehead atoms. The highest BCUT2D eigenvalue weighted by atomic mass is 32.1. The maximum atomic E-state index is 4.82. The van der Waals surface area contributed by atoms with Crippen LogP contribution in [-0.4, -0.2) is 35.1 Å². The number of aromatic nitrogens is 1. The number of benzene rings is 1. The van der Waals surface area contributed by atoms with E-state index in [0.29, 0.717) is 6.04 Å². The van der Waals surface area contributed by atoms with Gasteiger partial charge in [-0.3, -0.25) is 4.90 Å². The molecule has 2 aromatic rings. The Bertz CT molecular complexity index is 595. The van der Waals surface area contributed by atoms with Crippen LogP contribution >= 0.6 is 11.3 Å². The minimum absolute atomic E-state index is 0.699. The van der Waals surface area contributed by atoms with Crippen LogP contribution in [0.4, 0.5) is 0 Å². The van der Waals surface area contributed by atoms with Crippen LogP contribution in [0.1, 0.15) is 25.0 Å². The molecule has 2 unspecified atom stereocenters. The average molecular weight is 299 g/mol. The first-order valence-corrected chi connectivity index (χ1v) is 8.73. The van der Waals surface area contributed by atoms with Gasteiger partial charge in [-0.2, -0.15) is 0 Å². The molecule has 2 fully saturated rings. The number of rotatable bonds is 3. The molecule has 0 radical (unpaired) electrons. The zero-order valence-corrected chi connectivity index (χ0v) is 13.0. The molecule has 4 heteroatoms. The Kier molecular flexibility index (Phi) is 3.76. The summed E-state index contributed by atoms with van der Waals surface area (Å²) in [5.74, 6) is 0. The van der Waals surface area contributed by atoms with Gasteiger partial charge < -0.3 is 5.32 Å². The summed E-state index contributed by atoms with van der Waals surface area (Å²) in [6.45, 7) is 3.37. The van der Waals surface area contributed by atoms with Gasteiger partial charge >= 0.3 is 0 Å². The van der Waals surface area contributed by atoms with Crippen molar-refractivity contribution in [1.29, 1.82) is 0 Å². The van der Waals surface area contributed by atoms with Crippen molar-refractivity contribution in [2.45, 2.75) is 37.9 Å². The van der Waals surface area contributed by atoms with Crippen LogP contribution in [0.3, 0.4) is 0 Å². The van der Waals surface area contributed by atoms with Crippen LogP contribution in [0.2, 0.25) is 0 Å². The summed E-state index contributed by atoms with van der Waals surface area (Å²) in [4.78, 5) is 7.39. The van der Waals surface area contributed by atoms with E-state index in [1.807, 2.05) is 0 Å². The molecule has 2 aliphatic rings. The third kappa shape index (κ3) is 3.03. The van der Waals surface area contributed by atoms with E-state index >= 15 is 0 Å². The SMILES string of the molecule is c1ccc(-c2nc(CN3CCC4CCC(C3)N4)cs2)cc1. The van der Waals surface area contributed by atoms with Crippen molar-refractivity contribution in [3.8, 4) is 10.6 Å². The predicted molar refractivity (Wildman–Crippen MR) is 87.4 cm³/mol. The molecule has 4 rings (SSSR count). The Hall–Kier alpha value is -1.23. The molecule has 21 heavy (non-hydrogen) atoms. The molecule has 2 aliphatic heterocycles. The monoisotopic (exact) mass is 299 g/mol. The highest BCUT2D eigenvalue weighted by Gasteiger charge is 2.29. The lowest BCUT2D eigenvalue weighted by molar-refractivity contribution is 0.248. The highest BCUT2D eigenvalue weighted by molar-refractivity contribution is 7.13. The number of nitrogens with zero attached hydrogens (tertiary/aromatic N) is 2. The van der Waals surface area contributed by atoms with Crippen molar-refractivity contribution in [3.05, 3.63) is 41.4 Å². The van der Waals surface area contributed by atoms with Gasteiger partial charge in [-0.05, 0) is 19.3 Å². The minimum atomic E-state index is 0.699. The Morgan fingerprint density at radius 2 is 2.00 bits per heavy atom. The number of hydrogen-bond acceptors (Lipinski definition) is 4. The number of likely N-dealkylation sites (tertiary alicyclic amines) is 1. The zero-order chi connectivity index (χ0) is 14.1. The van der Waals surface area contributed by atoms with Gasteiger partial charge in [0.2, 0.25) is 0 Å². The normalized spacial score (nSPS) is 25.9. The number of fused-ring (bicyclic) bond motifs is 2. The smallest absolute Gasteiger partial charge is 0.123 e. The van der Waals surface area contributed by atoms with E-state index in [1.165, 1.54) is 43.6 Å². The van der Waals surface area contributed by atoms with E-state index in [9.17, 15) is 0 Å². The van der Waals surface area contributed by atoms with Crippen molar-refractivity contribution >= 4 is 11.3 Å². The fourth-order valence-electron chi connectivity index (χ4n) is 3.48. The van der Waals surface area contributed by atoms with Crippen molar-refractivity contribution in [3.63, 3.8) is 0 Å². The second kappa shape index (κ2) is 5.87. The van der Waals surface area contributed by atoms with Crippen LogP contribution in [0, 0.1) is 0 Å². The molecule has 3 heterocycles. The Morgan fingerprint density at radius 3 is 2.90 bits per heavy atom. The molecular weight excluding hydrogens is 278 g/mol. The largest absolute Gasteiger partial charge is 0.310 e. The van der Waals surface area contributed by atoms with Gasteiger partial charge in [0.05, 0.1) is 5.69 Å². The minimum Gasteiger partial charge on any atom is -0.310 e. The van der Waals surface area contributed by atoms with Crippen LogP contribution in [0.15, 0.2) is 35.7 Å². The lowest BCUT2D eigenvalue weighted by atomic mass is 10.1. The van der Waals surface area contributed by atoms with E-state index < -0.39 is 0 Å². The van der Waals surface area contributed by atoms with Gasteiger partial charge in [-0.25, -0.2) is 4.98 Å². The van der Waals surface area contributed by atoms with Gasteiger partial charge in [-0.15, -0.1) is 11.3 Å². The Morgan fingerprint density at radius 1 is 1.14 bits per heavy atom. The third-order valence-corrected chi connectivity index (χ3v) is 5.51. The summed E-state index contributed by atoms with van der Waals surface area (Å²) in [5.41, 5.74) is 2.45. The standard InChI is InChI=1S/C17H21N3S/c1-2-4-13(5-3-1)17-19-16(12-21-17)11-20-9-8-14-6-7-15(10-20)18-14/h1-5,12,14-15,18H,6-11H2. The summed E-state index contributed by atoms with van der Waals surface area (Å²) in [6, 6.07) is 11.9. The van der Waals surface area contributed by atoms with Gasteiger partial charge in [0.15, 0.2) is 0 Å². The first kappa shape index (κ1) is 13.4. The zero-order valence-electron chi connectivity index (χ0n) is 12.2. The third-order valence-electron chi connectivity index (χ3n) is 4.57. The van der Waals surface area contributed by atoms with Crippen molar-refractivity contribution in [1.82, 2.24) is 15.2 Å². The van der Waals surface area contributed by atoms with Gasteiger partial charge in [0, 0.05) is 42.7 Å². The number of nitrogens with one attached hydrogen (secondary N) is 1. The Balaban J connectivity index is 1.44. The second-order valence-corrected chi connectivity index (χ2v) is 7.03. The van der Waals surface area contributed by atoms with Gasteiger partial charge in [0.25, 0.3) is 0 Å². The topological polar surface area (TPSA) is 28.2 Å². The van der Waals surface area contributed by atoms with Gasteiger partial charge in [-0.1, -0.05) is 30.3 Å². The molecule has 3 nitrogen and oxygen atoms in total. The molecule has 1 aromatic heterocycles. The van der Waals surface area contributed by atoms with Crippen LogP contribution in [0.5, 0.6) is 0 Å². The number of hydrogen-bond donors (Lipinski definition) is 1. The maximum absolute atomic E-state index is 4.82. The first-order valence-electron chi connectivity index (χ1n) is 7.85. The van der Waals surface area contributed by atoms with E-state index in [-0.39, 0.29) is 0 Å². The maximum Gasteiger partial charge on any atom is 0.123 e. The fraction of sp³-hybridized carbons (Fsp3) is 0.471. The molecule has 2 saturated heterocycles. The quantitative estimate of drug-likeness (QED) is 0.944. The average Bonchev–Trinajstić information content (AvgIpc) is 3.09. The van der Waals surface area contributed by atoms with Gasteiger partial charge in [0.1, 0.15) is 5.01 Å². The van der Waals surface area contributed by atoms with Crippen LogP contribution in [-0.2, 0) is 6.54 Å². The summed E-state index contributed by atoms with van der Waals surface area (Å²) >= 11 is 1.76. The molecule has 2 atom stereocenters. The summed E-state index contributed by atoms with van der Waals surface area (Å²) < 4.78 is 0. The molecular formula is C17H21N3S. The van der Waals surface area contributed by atoms with E-state index in [0.717, 1.165) is 17.6 Å². The molecule has 1 N–H and O–H groups in total. The molecule has 110 valence electrons. The van der Waals surface area contributed by atoms with Crippen molar-refractivity contribution in [2.24, 2.45) is 0 Å². The van der Waals surface area contributed by atoms with E-state index in [2.05, 4.69) is 45.9 Å². The molecule has 0 saturated carbocycles. The lowest BCUT2D eigenvalue weighted by Crippen LogP contribution is -2.35. The van der Waals surface area contributed by atoms with Crippen molar-refractivity contribution < 1.29 is 0 Å². The molecule has 0 amide bonds. The fourth-order valence-corrected chi connectivity index (χ4v) is 4.30. The summed E-state index contributed by atoms with van der Waals surface area (Å²) in [6.07, 6.45) is 3.99. The molecule has 0 aliphatic carbocycles.